The molecule has 0 aliphatic carbocycles. The average Bonchev–Trinajstić information content (AvgIpc) is 2.90. The molecule has 5 nitrogen and oxygen atoms in total. The molecule has 1 aliphatic heterocycles. The number of hydrogen-bond acceptors (Lipinski definition) is 3. The summed E-state index contributed by atoms with van der Waals surface area (Å²) in [5.74, 6) is 0.0301. The van der Waals surface area contributed by atoms with Crippen LogP contribution in [0.3, 0.4) is 0 Å². The Morgan fingerprint density at radius 2 is 2.26 bits per heavy atom. The second kappa shape index (κ2) is 7.50. The van der Waals surface area contributed by atoms with E-state index in [0.29, 0.717) is 11.7 Å². The molecule has 1 saturated heterocycles. The van der Waals surface area contributed by atoms with E-state index in [-0.39, 0.29) is 18.3 Å². The van der Waals surface area contributed by atoms with Gasteiger partial charge in [0.1, 0.15) is 5.69 Å². The summed E-state index contributed by atoms with van der Waals surface area (Å²) < 4.78 is 1.93. The van der Waals surface area contributed by atoms with E-state index in [1.807, 2.05) is 30.8 Å². The normalized spacial score (nSPS) is 18.7. The number of hydrogen-bond donors (Lipinski definition) is 1. The van der Waals surface area contributed by atoms with Crippen LogP contribution in [-0.4, -0.2) is 46.8 Å². The predicted molar refractivity (Wildman–Crippen MR) is 77.9 cm³/mol. The lowest BCUT2D eigenvalue weighted by molar-refractivity contribution is 0.0765. The SMILES string of the molecule is CCN(CC)C(=O)c1ccn(C2CCCNC2)n1.Cl. The fourth-order valence-electron chi connectivity index (χ4n) is 2.39. The van der Waals surface area contributed by atoms with E-state index in [9.17, 15) is 4.79 Å². The monoisotopic (exact) mass is 286 g/mol. The highest BCUT2D eigenvalue weighted by Gasteiger charge is 2.19. The molecule has 1 fully saturated rings. The maximum Gasteiger partial charge on any atom is 0.274 e. The van der Waals surface area contributed by atoms with E-state index in [4.69, 9.17) is 0 Å². The summed E-state index contributed by atoms with van der Waals surface area (Å²) in [5.41, 5.74) is 0.560. The van der Waals surface area contributed by atoms with E-state index < -0.39 is 0 Å². The maximum atomic E-state index is 12.1. The summed E-state index contributed by atoms with van der Waals surface area (Å²) in [6, 6.07) is 2.21. The minimum Gasteiger partial charge on any atom is -0.338 e. The van der Waals surface area contributed by atoms with E-state index in [2.05, 4.69) is 10.4 Å². The summed E-state index contributed by atoms with van der Waals surface area (Å²) in [6.45, 7) is 7.47. The van der Waals surface area contributed by atoms with Crippen molar-refractivity contribution in [3.05, 3.63) is 18.0 Å². The van der Waals surface area contributed by atoms with Gasteiger partial charge in [-0.15, -0.1) is 12.4 Å². The van der Waals surface area contributed by atoms with Gasteiger partial charge >= 0.3 is 0 Å². The van der Waals surface area contributed by atoms with Gasteiger partial charge in [0.05, 0.1) is 6.04 Å². The van der Waals surface area contributed by atoms with Gasteiger partial charge in [-0.05, 0) is 39.3 Å². The van der Waals surface area contributed by atoms with Gasteiger partial charge in [0, 0.05) is 25.8 Å². The van der Waals surface area contributed by atoms with Gasteiger partial charge in [-0.2, -0.15) is 5.10 Å². The number of halogens is 1. The van der Waals surface area contributed by atoms with Crippen LogP contribution in [0.1, 0.15) is 43.2 Å². The fourth-order valence-corrected chi connectivity index (χ4v) is 2.39. The molecule has 108 valence electrons. The van der Waals surface area contributed by atoms with Crippen LogP contribution in [0.4, 0.5) is 0 Å². The Morgan fingerprint density at radius 3 is 2.84 bits per heavy atom. The molecule has 0 bridgehead atoms. The molecule has 0 aromatic carbocycles. The van der Waals surface area contributed by atoms with Crippen molar-refractivity contribution in [2.24, 2.45) is 0 Å². The van der Waals surface area contributed by atoms with Crippen molar-refractivity contribution in [3.8, 4) is 0 Å². The number of aromatic nitrogens is 2. The molecule has 2 rings (SSSR count). The van der Waals surface area contributed by atoms with Gasteiger partial charge in [-0.25, -0.2) is 0 Å². The zero-order valence-electron chi connectivity index (χ0n) is 11.6. The first-order chi connectivity index (χ1) is 8.76. The van der Waals surface area contributed by atoms with Crippen molar-refractivity contribution in [1.29, 1.82) is 0 Å². The number of piperidine rings is 1. The zero-order chi connectivity index (χ0) is 13.0. The molecule has 19 heavy (non-hydrogen) atoms. The van der Waals surface area contributed by atoms with Gasteiger partial charge in [0.2, 0.25) is 0 Å². The van der Waals surface area contributed by atoms with Crippen LogP contribution < -0.4 is 5.32 Å². The second-order valence-electron chi connectivity index (χ2n) is 4.66. The molecule has 1 aliphatic rings. The summed E-state index contributed by atoms with van der Waals surface area (Å²) in [6.07, 6.45) is 4.23. The molecule has 1 aromatic heterocycles. The molecular formula is C13H23ClN4O. The summed E-state index contributed by atoms with van der Waals surface area (Å²) in [4.78, 5) is 13.9. The van der Waals surface area contributed by atoms with Crippen LogP contribution in [-0.2, 0) is 0 Å². The van der Waals surface area contributed by atoms with Crippen molar-refractivity contribution in [2.75, 3.05) is 26.2 Å². The van der Waals surface area contributed by atoms with E-state index in [1.54, 1.807) is 4.90 Å². The first-order valence-electron chi connectivity index (χ1n) is 6.81. The minimum absolute atomic E-state index is 0. The number of carbonyl (C=O) groups is 1. The van der Waals surface area contributed by atoms with Gasteiger partial charge in [-0.1, -0.05) is 0 Å². The van der Waals surface area contributed by atoms with Crippen LogP contribution in [0.5, 0.6) is 0 Å². The Morgan fingerprint density at radius 1 is 1.53 bits per heavy atom. The lowest BCUT2D eigenvalue weighted by Gasteiger charge is -2.23. The third-order valence-electron chi connectivity index (χ3n) is 3.52. The highest BCUT2D eigenvalue weighted by molar-refractivity contribution is 5.92. The number of nitrogens with zero attached hydrogens (tertiary/aromatic N) is 3. The zero-order valence-corrected chi connectivity index (χ0v) is 12.4. The number of amides is 1. The lowest BCUT2D eigenvalue weighted by Crippen LogP contribution is -2.33. The van der Waals surface area contributed by atoms with Crippen molar-refractivity contribution in [1.82, 2.24) is 20.0 Å². The van der Waals surface area contributed by atoms with Gasteiger partial charge < -0.3 is 10.2 Å². The maximum absolute atomic E-state index is 12.1. The third kappa shape index (κ3) is 3.70. The second-order valence-corrected chi connectivity index (χ2v) is 4.66. The molecule has 1 atom stereocenters. The quantitative estimate of drug-likeness (QED) is 0.917. The summed E-state index contributed by atoms with van der Waals surface area (Å²) in [7, 11) is 0. The van der Waals surface area contributed by atoms with E-state index in [1.165, 1.54) is 6.42 Å². The molecule has 1 amide bonds. The standard InChI is InChI=1S/C13H22N4O.ClH/c1-3-16(4-2)13(18)12-7-9-17(15-12)11-6-5-8-14-10-11;/h7,9,11,14H,3-6,8,10H2,1-2H3;1H. The van der Waals surface area contributed by atoms with Crippen molar-refractivity contribution in [2.45, 2.75) is 32.7 Å². The molecule has 0 saturated carbocycles. The summed E-state index contributed by atoms with van der Waals surface area (Å²) >= 11 is 0. The lowest BCUT2D eigenvalue weighted by atomic mass is 10.1. The van der Waals surface area contributed by atoms with Crippen LogP contribution >= 0.6 is 12.4 Å². The molecule has 1 unspecified atom stereocenters. The topological polar surface area (TPSA) is 50.2 Å². The van der Waals surface area contributed by atoms with E-state index >= 15 is 0 Å². The fraction of sp³-hybridized carbons (Fsp3) is 0.692. The largest absolute Gasteiger partial charge is 0.338 e. The molecule has 2 heterocycles. The molecule has 1 aromatic rings. The average molecular weight is 287 g/mol. The Balaban J connectivity index is 0.00000180. The van der Waals surface area contributed by atoms with Crippen molar-refractivity contribution in [3.63, 3.8) is 0 Å². The first-order valence-corrected chi connectivity index (χ1v) is 6.81. The molecule has 6 heteroatoms. The Hall–Kier alpha value is -1.07. The van der Waals surface area contributed by atoms with Gasteiger partial charge in [0.15, 0.2) is 0 Å². The summed E-state index contributed by atoms with van der Waals surface area (Å²) in [5, 5.41) is 7.80. The smallest absolute Gasteiger partial charge is 0.274 e. The minimum atomic E-state index is 0. The van der Waals surface area contributed by atoms with Crippen molar-refractivity contribution >= 4 is 18.3 Å². The Kier molecular flexibility index (Phi) is 6.31. The molecule has 0 radical (unpaired) electrons. The van der Waals surface area contributed by atoms with Crippen LogP contribution in [0.15, 0.2) is 12.3 Å². The van der Waals surface area contributed by atoms with Gasteiger partial charge in [0.25, 0.3) is 5.91 Å². The first kappa shape index (κ1) is 16.0. The van der Waals surface area contributed by atoms with Gasteiger partial charge in [-0.3, -0.25) is 9.48 Å². The number of carbonyl (C=O) groups excluding carboxylic acids is 1. The molecule has 0 spiro atoms. The Bertz CT molecular complexity index is 397. The molecule has 1 N–H and O–H groups in total. The third-order valence-corrected chi connectivity index (χ3v) is 3.52. The number of nitrogens with one attached hydrogen (secondary N) is 1. The van der Waals surface area contributed by atoms with Crippen LogP contribution in [0.25, 0.3) is 0 Å². The predicted octanol–water partition coefficient (Wildman–Crippen LogP) is 1.71. The number of rotatable bonds is 4. The Labute approximate surface area is 120 Å². The van der Waals surface area contributed by atoms with Crippen LogP contribution in [0.2, 0.25) is 0 Å². The van der Waals surface area contributed by atoms with Crippen molar-refractivity contribution < 1.29 is 4.79 Å². The van der Waals surface area contributed by atoms with Crippen LogP contribution in [0, 0.1) is 0 Å². The van der Waals surface area contributed by atoms with E-state index in [0.717, 1.165) is 32.6 Å². The molecular weight excluding hydrogens is 264 g/mol. The highest BCUT2D eigenvalue weighted by atomic mass is 35.5. The highest BCUT2D eigenvalue weighted by Crippen LogP contribution is 2.16.